The van der Waals surface area contributed by atoms with Crippen LogP contribution in [0.4, 0.5) is 5.69 Å². The fraction of sp³-hybridized carbons (Fsp3) is 0.333. The Balaban J connectivity index is 2.04. The second-order valence-corrected chi connectivity index (χ2v) is 6.60. The lowest BCUT2D eigenvalue weighted by Crippen LogP contribution is -2.25. The van der Waals surface area contributed by atoms with Gasteiger partial charge >= 0.3 is 0 Å². The van der Waals surface area contributed by atoms with Gasteiger partial charge < -0.3 is 15.0 Å². The van der Waals surface area contributed by atoms with E-state index in [1.54, 1.807) is 11.9 Å². The van der Waals surface area contributed by atoms with E-state index >= 15 is 0 Å². The normalized spacial score (nSPS) is 10.3. The molecule has 26 heavy (non-hydrogen) atoms. The molecule has 0 saturated heterocycles. The van der Waals surface area contributed by atoms with E-state index < -0.39 is 0 Å². The van der Waals surface area contributed by atoms with Crippen LogP contribution in [0.1, 0.15) is 29.2 Å². The van der Waals surface area contributed by atoms with Crippen LogP contribution in [0.3, 0.4) is 0 Å². The number of para-hydroxylation sites is 1. The number of carbonyl (C=O) groups is 2. The molecular formula is C21H26N2O3. The van der Waals surface area contributed by atoms with Crippen molar-refractivity contribution < 1.29 is 14.3 Å². The maximum atomic E-state index is 12.3. The van der Waals surface area contributed by atoms with E-state index in [-0.39, 0.29) is 18.4 Å². The van der Waals surface area contributed by atoms with Crippen molar-refractivity contribution in [1.29, 1.82) is 0 Å². The Kier molecular flexibility index (Phi) is 6.39. The third kappa shape index (κ3) is 5.09. The highest BCUT2D eigenvalue weighted by molar-refractivity contribution is 5.92. The molecule has 0 aliphatic rings. The minimum absolute atomic E-state index is 0.0280. The van der Waals surface area contributed by atoms with Crippen LogP contribution >= 0.6 is 0 Å². The van der Waals surface area contributed by atoms with Crippen LogP contribution in [0.2, 0.25) is 0 Å². The number of amides is 2. The number of nitrogens with zero attached hydrogens (tertiary/aromatic N) is 1. The number of hydrogen-bond donors (Lipinski definition) is 1. The van der Waals surface area contributed by atoms with Gasteiger partial charge in [0.2, 0.25) is 5.91 Å². The Morgan fingerprint density at radius 3 is 2.31 bits per heavy atom. The number of carbonyl (C=O) groups excluding carboxylic acids is 2. The molecule has 2 rings (SSSR count). The van der Waals surface area contributed by atoms with Crippen molar-refractivity contribution in [2.75, 3.05) is 19.0 Å². The number of nitrogens with one attached hydrogen (secondary N) is 1. The molecule has 0 atom stereocenters. The molecule has 5 nitrogen and oxygen atoms in total. The molecule has 0 spiro atoms. The van der Waals surface area contributed by atoms with Gasteiger partial charge in [0.05, 0.1) is 0 Å². The SMILES string of the molecule is CC(=O)N(C)Cc1ccccc1NC(=O)COc1c(C)cc(C)cc1C. The lowest BCUT2D eigenvalue weighted by Gasteiger charge is -2.18. The van der Waals surface area contributed by atoms with Crippen molar-refractivity contribution in [2.24, 2.45) is 0 Å². The molecule has 5 heteroatoms. The molecule has 0 radical (unpaired) electrons. The molecule has 0 unspecified atom stereocenters. The highest BCUT2D eigenvalue weighted by atomic mass is 16.5. The summed E-state index contributed by atoms with van der Waals surface area (Å²) in [6.07, 6.45) is 0. The second-order valence-electron chi connectivity index (χ2n) is 6.60. The fourth-order valence-corrected chi connectivity index (χ4v) is 2.87. The van der Waals surface area contributed by atoms with Crippen molar-refractivity contribution in [3.8, 4) is 5.75 Å². The monoisotopic (exact) mass is 354 g/mol. The average molecular weight is 354 g/mol. The zero-order valence-electron chi connectivity index (χ0n) is 16.1. The Bertz CT molecular complexity index is 792. The number of benzene rings is 2. The van der Waals surface area contributed by atoms with Crippen LogP contribution in [0.5, 0.6) is 5.75 Å². The Morgan fingerprint density at radius 1 is 1.08 bits per heavy atom. The van der Waals surface area contributed by atoms with Gasteiger partial charge in [-0.3, -0.25) is 9.59 Å². The van der Waals surface area contributed by atoms with E-state index in [0.717, 1.165) is 22.4 Å². The molecule has 0 fully saturated rings. The molecule has 2 aromatic carbocycles. The lowest BCUT2D eigenvalue weighted by atomic mass is 10.1. The first-order valence-electron chi connectivity index (χ1n) is 8.58. The molecule has 0 aromatic heterocycles. The summed E-state index contributed by atoms with van der Waals surface area (Å²) in [5, 5.41) is 2.87. The Morgan fingerprint density at radius 2 is 1.69 bits per heavy atom. The molecule has 138 valence electrons. The largest absolute Gasteiger partial charge is 0.483 e. The number of hydrogen-bond acceptors (Lipinski definition) is 3. The van der Waals surface area contributed by atoms with Crippen LogP contribution in [0.15, 0.2) is 36.4 Å². The summed E-state index contributed by atoms with van der Waals surface area (Å²) in [6.45, 7) is 7.86. The van der Waals surface area contributed by atoms with E-state index in [0.29, 0.717) is 12.2 Å². The van der Waals surface area contributed by atoms with Crippen LogP contribution < -0.4 is 10.1 Å². The summed E-state index contributed by atoms with van der Waals surface area (Å²) < 4.78 is 5.74. The van der Waals surface area contributed by atoms with Gasteiger partial charge in [-0.05, 0) is 43.5 Å². The van der Waals surface area contributed by atoms with Crippen LogP contribution in [-0.4, -0.2) is 30.4 Å². The number of anilines is 1. The van der Waals surface area contributed by atoms with Gasteiger partial charge in [0.1, 0.15) is 5.75 Å². The van der Waals surface area contributed by atoms with Gasteiger partial charge in [-0.25, -0.2) is 0 Å². The molecule has 1 N–H and O–H groups in total. The standard InChI is InChI=1S/C21H26N2O3/c1-14-10-15(2)21(16(3)11-14)26-13-20(25)22-19-9-7-6-8-18(19)12-23(5)17(4)24/h6-11H,12-13H2,1-5H3,(H,22,25). The molecule has 2 aromatic rings. The zero-order chi connectivity index (χ0) is 19.3. The minimum atomic E-state index is -0.234. The van der Waals surface area contributed by atoms with Crippen molar-refractivity contribution in [3.63, 3.8) is 0 Å². The summed E-state index contributed by atoms with van der Waals surface area (Å²) in [4.78, 5) is 25.4. The minimum Gasteiger partial charge on any atom is -0.483 e. The quantitative estimate of drug-likeness (QED) is 0.862. The molecule has 0 aliphatic carbocycles. The van der Waals surface area contributed by atoms with Gasteiger partial charge in [0.15, 0.2) is 6.61 Å². The van der Waals surface area contributed by atoms with E-state index in [2.05, 4.69) is 5.32 Å². The first kappa shape index (κ1) is 19.5. The molecular weight excluding hydrogens is 328 g/mol. The molecule has 2 amide bonds. The van der Waals surface area contributed by atoms with Gasteiger partial charge in [-0.15, -0.1) is 0 Å². The van der Waals surface area contributed by atoms with E-state index in [4.69, 9.17) is 4.74 Å². The average Bonchev–Trinajstić information content (AvgIpc) is 2.55. The topological polar surface area (TPSA) is 58.6 Å². The maximum Gasteiger partial charge on any atom is 0.262 e. The van der Waals surface area contributed by atoms with Crippen molar-refractivity contribution >= 4 is 17.5 Å². The maximum absolute atomic E-state index is 12.3. The number of rotatable bonds is 6. The Labute approximate surface area is 155 Å². The predicted molar refractivity (Wildman–Crippen MR) is 103 cm³/mol. The molecule has 0 bridgehead atoms. The first-order valence-corrected chi connectivity index (χ1v) is 8.58. The van der Waals surface area contributed by atoms with Crippen molar-refractivity contribution in [1.82, 2.24) is 4.90 Å². The lowest BCUT2D eigenvalue weighted by molar-refractivity contribution is -0.128. The molecule has 0 heterocycles. The van der Waals surface area contributed by atoms with E-state index in [9.17, 15) is 9.59 Å². The third-order valence-corrected chi connectivity index (χ3v) is 4.19. The van der Waals surface area contributed by atoms with Gasteiger partial charge in [-0.1, -0.05) is 35.9 Å². The van der Waals surface area contributed by atoms with Crippen molar-refractivity contribution in [3.05, 3.63) is 58.7 Å². The summed E-state index contributed by atoms with van der Waals surface area (Å²) >= 11 is 0. The molecule has 0 saturated carbocycles. The third-order valence-electron chi connectivity index (χ3n) is 4.19. The van der Waals surface area contributed by atoms with E-state index in [1.807, 2.05) is 57.2 Å². The summed E-state index contributed by atoms with van der Waals surface area (Å²) in [5.74, 6) is 0.484. The fourth-order valence-electron chi connectivity index (χ4n) is 2.87. The van der Waals surface area contributed by atoms with Gasteiger partial charge in [0.25, 0.3) is 5.91 Å². The summed E-state index contributed by atoms with van der Waals surface area (Å²) in [6, 6.07) is 11.5. The predicted octanol–water partition coefficient (Wildman–Crippen LogP) is 3.61. The van der Waals surface area contributed by atoms with Crippen molar-refractivity contribution in [2.45, 2.75) is 34.2 Å². The summed E-state index contributed by atoms with van der Waals surface area (Å²) in [7, 11) is 1.73. The number of aryl methyl sites for hydroxylation is 3. The summed E-state index contributed by atoms with van der Waals surface area (Å²) in [5.41, 5.74) is 4.76. The Hall–Kier alpha value is -2.82. The highest BCUT2D eigenvalue weighted by Crippen LogP contribution is 2.24. The number of ether oxygens (including phenoxy) is 1. The van der Waals surface area contributed by atoms with Gasteiger partial charge in [-0.2, -0.15) is 0 Å². The highest BCUT2D eigenvalue weighted by Gasteiger charge is 2.12. The van der Waals surface area contributed by atoms with Crippen LogP contribution in [0, 0.1) is 20.8 Å². The van der Waals surface area contributed by atoms with Gasteiger partial charge in [0, 0.05) is 26.2 Å². The molecule has 0 aliphatic heterocycles. The van der Waals surface area contributed by atoms with E-state index in [1.165, 1.54) is 12.5 Å². The second kappa shape index (κ2) is 8.52. The van der Waals surface area contributed by atoms with Crippen LogP contribution in [-0.2, 0) is 16.1 Å². The smallest absolute Gasteiger partial charge is 0.262 e. The van der Waals surface area contributed by atoms with Crippen LogP contribution in [0.25, 0.3) is 0 Å². The zero-order valence-corrected chi connectivity index (χ0v) is 16.1. The first-order chi connectivity index (χ1) is 12.3.